The average molecular weight is 470 g/mol. The molecule has 0 spiro atoms. The van der Waals surface area contributed by atoms with Gasteiger partial charge >= 0.3 is 0 Å². The minimum atomic E-state index is -0.207. The molecule has 1 amide bonds. The fraction of sp³-hybridized carbons (Fsp3) is 0.167. The monoisotopic (exact) mass is 469 g/mol. The van der Waals surface area contributed by atoms with E-state index in [1.807, 2.05) is 36.4 Å². The van der Waals surface area contributed by atoms with E-state index >= 15 is 0 Å². The van der Waals surface area contributed by atoms with Gasteiger partial charge in [-0.1, -0.05) is 23.2 Å². The predicted molar refractivity (Wildman–Crippen MR) is 129 cm³/mol. The number of fused-ring (bicyclic) bond motifs is 3. The number of hydrogen-bond donors (Lipinski definition) is 1. The molecule has 4 aromatic rings. The molecule has 0 aliphatic carbocycles. The van der Waals surface area contributed by atoms with Crippen LogP contribution in [-0.2, 0) is 11.3 Å². The first-order valence-electron chi connectivity index (χ1n) is 9.91. The van der Waals surface area contributed by atoms with Crippen LogP contribution in [0.3, 0.4) is 0 Å². The second-order valence-electron chi connectivity index (χ2n) is 7.13. The molecular weight excluding hydrogens is 449 g/mol. The maximum Gasteiger partial charge on any atom is 0.241 e. The molecule has 8 heteroatoms. The second-order valence-corrected chi connectivity index (χ2v) is 8.00. The summed E-state index contributed by atoms with van der Waals surface area (Å²) in [7, 11) is 3.16. The van der Waals surface area contributed by atoms with Gasteiger partial charge in [-0.3, -0.25) is 4.79 Å². The highest BCUT2D eigenvalue weighted by Crippen LogP contribution is 2.33. The van der Waals surface area contributed by atoms with Crippen molar-refractivity contribution in [2.24, 2.45) is 5.10 Å². The van der Waals surface area contributed by atoms with Crippen LogP contribution in [-0.4, -0.2) is 30.9 Å². The number of methoxy groups -OCH3 is 2. The van der Waals surface area contributed by atoms with Crippen molar-refractivity contribution in [2.75, 3.05) is 14.2 Å². The standard InChI is InChI=1S/C24H21Cl2N3O3/c1-31-18-5-8-23(32-2)15(11-18)14-27-28-24(30)9-10-29-21-6-3-16(25)12-19(21)20-13-17(26)4-7-22(20)29/h3-8,11-14H,9-10H2,1-2H3,(H,28,30)/b27-14-. The first-order chi connectivity index (χ1) is 15.5. The number of hydrazone groups is 1. The summed E-state index contributed by atoms with van der Waals surface area (Å²) in [6.07, 6.45) is 1.78. The Kier molecular flexibility index (Phi) is 6.53. The number of benzene rings is 3. The summed E-state index contributed by atoms with van der Waals surface area (Å²) >= 11 is 12.4. The van der Waals surface area contributed by atoms with Gasteiger partial charge in [0.15, 0.2) is 0 Å². The third-order valence-corrected chi connectivity index (χ3v) is 5.65. The van der Waals surface area contributed by atoms with Gasteiger partial charge in [0.2, 0.25) is 5.91 Å². The number of carbonyl (C=O) groups excluding carboxylic acids is 1. The molecule has 0 aliphatic heterocycles. The topological polar surface area (TPSA) is 64.8 Å². The van der Waals surface area contributed by atoms with E-state index < -0.39 is 0 Å². The number of ether oxygens (including phenoxy) is 2. The summed E-state index contributed by atoms with van der Waals surface area (Å²) in [6, 6.07) is 16.8. The number of halogens is 2. The number of carbonyl (C=O) groups is 1. The zero-order valence-electron chi connectivity index (χ0n) is 17.6. The molecule has 1 heterocycles. The number of aryl methyl sites for hydroxylation is 1. The molecule has 1 aromatic heterocycles. The lowest BCUT2D eigenvalue weighted by atomic mass is 10.1. The normalized spacial score (nSPS) is 11.4. The Bertz CT molecular complexity index is 1270. The molecule has 0 saturated carbocycles. The summed E-state index contributed by atoms with van der Waals surface area (Å²) in [6.45, 7) is 0.479. The highest BCUT2D eigenvalue weighted by Gasteiger charge is 2.13. The number of hydrogen-bond acceptors (Lipinski definition) is 4. The predicted octanol–water partition coefficient (Wildman–Crippen LogP) is 5.66. The van der Waals surface area contributed by atoms with Crippen molar-refractivity contribution in [1.29, 1.82) is 0 Å². The lowest BCUT2D eigenvalue weighted by Crippen LogP contribution is -2.19. The van der Waals surface area contributed by atoms with Gasteiger partial charge in [0.25, 0.3) is 0 Å². The van der Waals surface area contributed by atoms with E-state index in [1.54, 1.807) is 32.4 Å². The van der Waals surface area contributed by atoms with E-state index in [0.29, 0.717) is 33.7 Å². The summed E-state index contributed by atoms with van der Waals surface area (Å²) in [5, 5.41) is 7.37. The summed E-state index contributed by atoms with van der Waals surface area (Å²) in [5.41, 5.74) is 5.25. The van der Waals surface area contributed by atoms with Crippen LogP contribution in [0.25, 0.3) is 21.8 Å². The maximum absolute atomic E-state index is 12.5. The van der Waals surface area contributed by atoms with Gasteiger partial charge in [-0.15, -0.1) is 0 Å². The highest BCUT2D eigenvalue weighted by molar-refractivity contribution is 6.33. The largest absolute Gasteiger partial charge is 0.497 e. The van der Waals surface area contributed by atoms with Crippen LogP contribution in [0.5, 0.6) is 11.5 Å². The van der Waals surface area contributed by atoms with E-state index in [4.69, 9.17) is 32.7 Å². The number of rotatable bonds is 7. The molecule has 32 heavy (non-hydrogen) atoms. The Balaban J connectivity index is 1.50. The van der Waals surface area contributed by atoms with Crippen molar-refractivity contribution < 1.29 is 14.3 Å². The van der Waals surface area contributed by atoms with Crippen LogP contribution in [0, 0.1) is 0 Å². The molecular formula is C24H21Cl2N3O3. The summed E-state index contributed by atoms with van der Waals surface area (Å²) in [5.74, 6) is 1.09. The smallest absolute Gasteiger partial charge is 0.241 e. The van der Waals surface area contributed by atoms with Gasteiger partial charge < -0.3 is 14.0 Å². The van der Waals surface area contributed by atoms with Gasteiger partial charge in [-0.05, 0) is 54.6 Å². The van der Waals surface area contributed by atoms with Crippen molar-refractivity contribution in [3.05, 3.63) is 70.2 Å². The number of amides is 1. The van der Waals surface area contributed by atoms with Gasteiger partial charge in [0.05, 0.1) is 20.4 Å². The molecule has 3 aromatic carbocycles. The molecule has 1 N–H and O–H groups in total. The van der Waals surface area contributed by atoms with Crippen LogP contribution in [0.15, 0.2) is 59.7 Å². The molecule has 0 radical (unpaired) electrons. The SMILES string of the molecule is COc1ccc(OC)c(/C=N\NC(=O)CCn2c3ccc(Cl)cc3c3cc(Cl)ccc32)c1. The van der Waals surface area contributed by atoms with Gasteiger partial charge in [-0.2, -0.15) is 5.10 Å². The van der Waals surface area contributed by atoms with Gasteiger partial charge in [0.1, 0.15) is 11.5 Å². The number of nitrogens with one attached hydrogen (secondary N) is 1. The summed E-state index contributed by atoms with van der Waals surface area (Å²) in [4.78, 5) is 12.5. The van der Waals surface area contributed by atoms with Crippen LogP contribution in [0.2, 0.25) is 10.0 Å². The Hall–Kier alpha value is -3.22. The zero-order chi connectivity index (χ0) is 22.7. The molecule has 164 valence electrons. The van der Waals surface area contributed by atoms with Crippen LogP contribution in [0.4, 0.5) is 0 Å². The summed E-state index contributed by atoms with van der Waals surface area (Å²) < 4.78 is 12.6. The van der Waals surface area contributed by atoms with Crippen molar-refractivity contribution in [1.82, 2.24) is 9.99 Å². The van der Waals surface area contributed by atoms with E-state index in [0.717, 1.165) is 21.8 Å². The Morgan fingerprint density at radius 3 is 2.22 bits per heavy atom. The minimum Gasteiger partial charge on any atom is -0.497 e. The molecule has 4 rings (SSSR count). The first-order valence-corrected chi connectivity index (χ1v) is 10.7. The van der Waals surface area contributed by atoms with Crippen LogP contribution >= 0.6 is 23.2 Å². The van der Waals surface area contributed by atoms with Gasteiger partial charge in [0, 0.05) is 50.4 Å². The second kappa shape index (κ2) is 9.51. The molecule has 0 bridgehead atoms. The molecule has 0 aliphatic rings. The maximum atomic E-state index is 12.5. The lowest BCUT2D eigenvalue weighted by molar-refractivity contribution is -0.121. The van der Waals surface area contributed by atoms with Crippen molar-refractivity contribution in [2.45, 2.75) is 13.0 Å². The molecule has 0 atom stereocenters. The Morgan fingerprint density at radius 1 is 0.969 bits per heavy atom. The third-order valence-electron chi connectivity index (χ3n) is 5.18. The minimum absolute atomic E-state index is 0.207. The Morgan fingerprint density at radius 2 is 1.62 bits per heavy atom. The van der Waals surface area contributed by atoms with E-state index in [9.17, 15) is 4.79 Å². The fourth-order valence-electron chi connectivity index (χ4n) is 3.67. The van der Waals surface area contributed by atoms with E-state index in [1.165, 1.54) is 6.21 Å². The van der Waals surface area contributed by atoms with Gasteiger partial charge in [-0.25, -0.2) is 5.43 Å². The molecule has 0 saturated heterocycles. The Labute approximate surface area is 195 Å². The number of aromatic nitrogens is 1. The molecule has 0 fully saturated rings. The zero-order valence-corrected chi connectivity index (χ0v) is 19.1. The van der Waals surface area contributed by atoms with Crippen LogP contribution in [0.1, 0.15) is 12.0 Å². The molecule has 6 nitrogen and oxygen atoms in total. The van der Waals surface area contributed by atoms with Crippen molar-refractivity contribution >= 4 is 57.1 Å². The third kappa shape index (κ3) is 4.52. The fourth-order valence-corrected chi connectivity index (χ4v) is 4.02. The van der Waals surface area contributed by atoms with Crippen LogP contribution < -0.4 is 14.9 Å². The van der Waals surface area contributed by atoms with E-state index in [-0.39, 0.29) is 12.3 Å². The molecule has 0 unspecified atom stereocenters. The van der Waals surface area contributed by atoms with Crippen molar-refractivity contribution in [3.63, 3.8) is 0 Å². The van der Waals surface area contributed by atoms with Crippen molar-refractivity contribution in [3.8, 4) is 11.5 Å². The highest BCUT2D eigenvalue weighted by atomic mass is 35.5. The average Bonchev–Trinajstić information content (AvgIpc) is 3.09. The van der Waals surface area contributed by atoms with E-state index in [2.05, 4.69) is 15.1 Å². The first kappa shape index (κ1) is 22.0. The lowest BCUT2D eigenvalue weighted by Gasteiger charge is -2.08. The quantitative estimate of drug-likeness (QED) is 0.280. The number of nitrogens with zero attached hydrogens (tertiary/aromatic N) is 2.